The molecule has 0 bridgehead atoms. The van der Waals surface area contributed by atoms with Crippen molar-refractivity contribution < 1.29 is 46.2 Å². The Hall–Kier alpha value is -2.75. The summed E-state index contributed by atoms with van der Waals surface area (Å²) in [5.41, 5.74) is -2.28. The molecular weight excluding hydrogens is 618 g/mol. The fourth-order valence-corrected chi connectivity index (χ4v) is 5.30. The van der Waals surface area contributed by atoms with Gasteiger partial charge in [0.15, 0.2) is 0 Å². The van der Waals surface area contributed by atoms with Crippen LogP contribution in [0.5, 0.6) is 5.75 Å². The Bertz CT molecular complexity index is 1360. The molecule has 2 heterocycles. The summed E-state index contributed by atoms with van der Waals surface area (Å²) < 4.78 is 74.2. The van der Waals surface area contributed by atoms with E-state index in [2.05, 4.69) is 30.7 Å². The third kappa shape index (κ3) is 7.90. The van der Waals surface area contributed by atoms with Gasteiger partial charge in [0.2, 0.25) is 0 Å². The minimum absolute atomic E-state index is 0.104. The number of aromatic amines is 1. The predicted octanol–water partition coefficient (Wildman–Crippen LogP) is 2.92. The van der Waals surface area contributed by atoms with Gasteiger partial charge in [-0.25, -0.2) is 9.36 Å². The topological polar surface area (TPSA) is 158 Å². The van der Waals surface area contributed by atoms with Crippen LogP contribution in [-0.4, -0.2) is 52.6 Å². The average molecular weight is 642 g/mol. The lowest BCUT2D eigenvalue weighted by Crippen LogP contribution is -2.36. The number of aliphatic hydroxyl groups is 1. The van der Waals surface area contributed by atoms with Gasteiger partial charge in [-0.2, -0.15) is 18.3 Å². The van der Waals surface area contributed by atoms with Crippen LogP contribution < -0.4 is 20.9 Å². The summed E-state index contributed by atoms with van der Waals surface area (Å²) in [4.78, 5) is 39.6. The Morgan fingerprint density at radius 2 is 2.03 bits per heavy atom. The number of rotatable bonds is 10. The summed E-state index contributed by atoms with van der Waals surface area (Å²) in [6, 6.07) is 2.03. The number of benzene rings is 1. The number of H-pyrrole nitrogens is 1. The molecule has 1 aromatic carbocycles. The van der Waals surface area contributed by atoms with Gasteiger partial charge in [-0.05, 0) is 42.3 Å². The van der Waals surface area contributed by atoms with Crippen LogP contribution in [0, 0.1) is 0 Å². The Morgan fingerprint density at radius 3 is 2.62 bits per heavy atom. The van der Waals surface area contributed by atoms with Gasteiger partial charge in [0.05, 0.1) is 30.9 Å². The summed E-state index contributed by atoms with van der Waals surface area (Å²) in [5.74, 6) is -1.10. The molecule has 0 spiro atoms. The average Bonchev–Trinajstić information content (AvgIpc) is 3.23. The zero-order valence-electron chi connectivity index (χ0n) is 20.4. The predicted molar refractivity (Wildman–Crippen MR) is 134 cm³/mol. The molecule has 12 nitrogen and oxygen atoms in total. The van der Waals surface area contributed by atoms with Crippen LogP contribution in [0.2, 0.25) is 0 Å². The molecule has 0 saturated carbocycles. The highest BCUT2D eigenvalue weighted by molar-refractivity contribution is 9.11. The van der Waals surface area contributed by atoms with Gasteiger partial charge in [0.1, 0.15) is 24.1 Å². The van der Waals surface area contributed by atoms with Crippen molar-refractivity contribution in [2.24, 2.45) is 0 Å². The van der Waals surface area contributed by atoms with Gasteiger partial charge < -0.3 is 19.1 Å². The Labute approximate surface area is 227 Å². The molecule has 0 amide bonds. The van der Waals surface area contributed by atoms with Gasteiger partial charge in [0.25, 0.3) is 5.56 Å². The smallest absolute Gasteiger partial charge is 0.459 e. The number of hydrogen-bond acceptors (Lipinski definition) is 9. The minimum atomic E-state index is -4.61. The van der Waals surface area contributed by atoms with E-state index in [4.69, 9.17) is 13.8 Å². The Kier molecular flexibility index (Phi) is 9.96. The highest BCUT2D eigenvalue weighted by atomic mass is 79.9. The first kappa shape index (κ1) is 30.8. The van der Waals surface area contributed by atoms with Gasteiger partial charge >= 0.3 is 25.6 Å². The summed E-state index contributed by atoms with van der Waals surface area (Å²) in [6.45, 7) is 0.708. The minimum Gasteiger partial charge on any atom is -0.468 e. The third-order valence-corrected chi connectivity index (χ3v) is 7.38. The van der Waals surface area contributed by atoms with Gasteiger partial charge in [-0.3, -0.25) is 23.7 Å². The van der Waals surface area contributed by atoms with Crippen molar-refractivity contribution in [3.8, 4) is 5.75 Å². The van der Waals surface area contributed by atoms with E-state index < -0.39 is 67.8 Å². The molecule has 3 rings (SSSR count). The van der Waals surface area contributed by atoms with Crippen LogP contribution in [0.1, 0.15) is 30.7 Å². The second-order valence-corrected chi connectivity index (χ2v) is 10.5. The number of carbonyl (C=O) groups excluding carboxylic acids is 1. The summed E-state index contributed by atoms with van der Waals surface area (Å²) in [6.07, 6.45) is -5.49. The number of esters is 1. The number of methoxy groups -OCH3 is 1. The van der Waals surface area contributed by atoms with Crippen molar-refractivity contribution in [1.29, 1.82) is 0 Å². The quantitative estimate of drug-likeness (QED) is 0.260. The first-order valence-electron chi connectivity index (χ1n) is 11.2. The fraction of sp³-hybridized carbons (Fsp3) is 0.409. The Balaban J connectivity index is 1.78. The molecule has 17 heteroatoms. The number of aliphatic hydroxyl groups excluding tert-OH is 1. The molecule has 1 saturated heterocycles. The zero-order valence-corrected chi connectivity index (χ0v) is 22.9. The standard InChI is InChI=1S/C22H24BrF3N3O9P/c1-12(20(32)35-2)28-39(34,38-15-5-3-14(4-6-15)22(24,25)26)36-11-17-16(30)9-18(37-17)29-10-13(7-8-23)19(31)27-21(29)33/h3-8,10,12,16-18,30H,9,11H2,1-2H3,(H,28,34)(H,27,31,33)/b8-7+/t12-,16+,17+,18+,39?/m0/s1. The number of carbonyl (C=O) groups is 1. The lowest BCUT2D eigenvalue weighted by Gasteiger charge is -2.24. The molecule has 1 fully saturated rings. The van der Waals surface area contributed by atoms with E-state index in [0.29, 0.717) is 12.1 Å². The highest BCUT2D eigenvalue weighted by Gasteiger charge is 2.40. The first-order chi connectivity index (χ1) is 18.3. The SMILES string of the molecule is COC(=O)[C@H](C)NP(=O)(OC[C@H]1O[C@@H](n2cc(/C=C/Br)c(=O)[nH]c2=O)C[C@H]1O)Oc1ccc(C(F)(F)F)cc1. The highest BCUT2D eigenvalue weighted by Crippen LogP contribution is 2.46. The fourth-order valence-electron chi connectivity index (χ4n) is 3.51. The normalized spacial score (nSPS) is 22.0. The third-order valence-electron chi connectivity index (χ3n) is 5.47. The van der Waals surface area contributed by atoms with Crippen LogP contribution in [0.15, 0.2) is 45.0 Å². The number of halogens is 4. The number of aromatic nitrogens is 2. The molecule has 0 radical (unpaired) electrons. The van der Waals surface area contributed by atoms with Crippen molar-refractivity contribution >= 4 is 35.7 Å². The van der Waals surface area contributed by atoms with Crippen molar-refractivity contribution in [3.63, 3.8) is 0 Å². The lowest BCUT2D eigenvalue weighted by atomic mass is 10.2. The molecule has 1 aromatic heterocycles. The van der Waals surface area contributed by atoms with Crippen molar-refractivity contribution in [1.82, 2.24) is 14.6 Å². The monoisotopic (exact) mass is 641 g/mol. The lowest BCUT2D eigenvalue weighted by molar-refractivity contribution is -0.142. The second kappa shape index (κ2) is 12.6. The summed E-state index contributed by atoms with van der Waals surface area (Å²) in [7, 11) is -3.39. The van der Waals surface area contributed by atoms with E-state index >= 15 is 0 Å². The van der Waals surface area contributed by atoms with Gasteiger partial charge in [-0.1, -0.05) is 15.9 Å². The van der Waals surface area contributed by atoms with Crippen molar-refractivity contribution in [3.05, 3.63) is 67.4 Å². The van der Waals surface area contributed by atoms with Crippen LogP contribution in [0.25, 0.3) is 6.08 Å². The zero-order chi connectivity index (χ0) is 29.0. The molecule has 3 N–H and O–H groups in total. The van der Waals surface area contributed by atoms with Crippen molar-refractivity contribution in [2.45, 2.75) is 44.0 Å². The van der Waals surface area contributed by atoms with Crippen LogP contribution >= 0.6 is 23.7 Å². The molecule has 1 unspecified atom stereocenters. The van der Waals surface area contributed by atoms with Crippen molar-refractivity contribution in [2.75, 3.05) is 13.7 Å². The number of hydrogen-bond donors (Lipinski definition) is 3. The van der Waals surface area contributed by atoms with Gasteiger partial charge in [0, 0.05) is 12.6 Å². The van der Waals surface area contributed by atoms with Crippen LogP contribution in [0.3, 0.4) is 0 Å². The molecule has 1 aliphatic heterocycles. The number of ether oxygens (including phenoxy) is 2. The van der Waals surface area contributed by atoms with E-state index in [1.54, 1.807) is 0 Å². The maximum atomic E-state index is 13.5. The molecular formula is C22H24BrF3N3O9P. The number of alkyl halides is 3. The largest absolute Gasteiger partial charge is 0.468 e. The summed E-state index contributed by atoms with van der Waals surface area (Å²) in [5, 5.41) is 12.8. The molecule has 1 aliphatic rings. The molecule has 0 aliphatic carbocycles. The number of nitrogens with one attached hydrogen (secondary N) is 2. The molecule has 2 aromatic rings. The van der Waals surface area contributed by atoms with E-state index in [9.17, 15) is 37.2 Å². The molecule has 39 heavy (non-hydrogen) atoms. The van der Waals surface area contributed by atoms with Crippen LogP contribution in [-0.2, 0) is 29.5 Å². The van der Waals surface area contributed by atoms with E-state index in [-0.39, 0.29) is 17.7 Å². The van der Waals surface area contributed by atoms with Gasteiger partial charge in [-0.15, -0.1) is 0 Å². The van der Waals surface area contributed by atoms with E-state index in [0.717, 1.165) is 23.8 Å². The Morgan fingerprint density at radius 1 is 1.36 bits per heavy atom. The van der Waals surface area contributed by atoms with E-state index in [1.807, 2.05) is 0 Å². The first-order valence-corrected chi connectivity index (χ1v) is 13.6. The second-order valence-electron chi connectivity index (χ2n) is 8.26. The molecule has 214 valence electrons. The summed E-state index contributed by atoms with van der Waals surface area (Å²) >= 11 is 3.04. The molecule has 5 atom stereocenters. The van der Waals surface area contributed by atoms with E-state index in [1.165, 1.54) is 24.2 Å². The maximum Gasteiger partial charge on any atom is 0.459 e. The van der Waals surface area contributed by atoms with Crippen LogP contribution in [0.4, 0.5) is 13.2 Å². The maximum absolute atomic E-state index is 13.5. The number of nitrogens with zero attached hydrogens (tertiary/aromatic N) is 1.